The molecule has 168 valence electrons. The van der Waals surface area contributed by atoms with Crippen molar-refractivity contribution in [2.75, 3.05) is 25.0 Å². The number of esters is 1. The molecule has 1 N–H and O–H groups in total. The summed E-state index contributed by atoms with van der Waals surface area (Å²) >= 11 is 0. The van der Waals surface area contributed by atoms with Gasteiger partial charge in [-0.05, 0) is 24.6 Å². The SMILES string of the molecule is CCN(CC)S(=O)(=O)c1cc(C(=O)OCC(=O)Nc2ccc(C)cc2[N+](=O)[O-])n(C)c1. The fourth-order valence-corrected chi connectivity index (χ4v) is 4.41. The molecular weight excluding hydrogens is 428 g/mol. The molecule has 0 atom stereocenters. The number of anilines is 1. The molecule has 0 aliphatic heterocycles. The van der Waals surface area contributed by atoms with Gasteiger partial charge in [-0.25, -0.2) is 13.2 Å². The van der Waals surface area contributed by atoms with Crippen molar-refractivity contribution in [2.45, 2.75) is 25.7 Å². The molecule has 1 amide bonds. The van der Waals surface area contributed by atoms with Crippen LogP contribution in [-0.2, 0) is 26.6 Å². The second-order valence-electron chi connectivity index (χ2n) is 6.66. The predicted octanol–water partition coefficient (Wildman–Crippen LogP) is 2.07. The zero-order chi connectivity index (χ0) is 23.3. The second-order valence-corrected chi connectivity index (χ2v) is 8.60. The topological polar surface area (TPSA) is 141 Å². The molecule has 1 heterocycles. The molecule has 2 aromatic rings. The Morgan fingerprint density at radius 3 is 2.45 bits per heavy atom. The molecule has 0 saturated heterocycles. The molecule has 0 saturated carbocycles. The number of ether oxygens (including phenoxy) is 1. The van der Waals surface area contributed by atoms with Crippen LogP contribution in [0, 0.1) is 17.0 Å². The van der Waals surface area contributed by atoms with Gasteiger partial charge in [-0.2, -0.15) is 4.31 Å². The van der Waals surface area contributed by atoms with Crippen molar-refractivity contribution in [3.05, 3.63) is 51.8 Å². The Bertz CT molecular complexity index is 1100. The lowest BCUT2D eigenvalue weighted by molar-refractivity contribution is -0.384. The molecule has 0 bridgehead atoms. The number of benzene rings is 1. The van der Waals surface area contributed by atoms with E-state index in [1.807, 2.05) is 0 Å². The Kier molecular flexibility index (Phi) is 7.52. The van der Waals surface area contributed by atoms with Gasteiger partial charge in [0, 0.05) is 32.4 Å². The van der Waals surface area contributed by atoms with Crippen LogP contribution in [-0.4, -0.2) is 53.8 Å². The zero-order valence-electron chi connectivity index (χ0n) is 17.6. The highest BCUT2D eigenvalue weighted by Crippen LogP contribution is 2.25. The molecule has 0 aliphatic carbocycles. The molecule has 31 heavy (non-hydrogen) atoms. The lowest BCUT2D eigenvalue weighted by Gasteiger charge is -2.17. The normalized spacial score (nSPS) is 11.4. The van der Waals surface area contributed by atoms with E-state index in [-0.39, 0.29) is 35.1 Å². The van der Waals surface area contributed by atoms with Crippen LogP contribution in [0.25, 0.3) is 0 Å². The smallest absolute Gasteiger partial charge is 0.355 e. The van der Waals surface area contributed by atoms with E-state index in [2.05, 4.69) is 5.32 Å². The highest BCUT2D eigenvalue weighted by molar-refractivity contribution is 7.89. The summed E-state index contributed by atoms with van der Waals surface area (Å²) in [6, 6.07) is 5.47. The summed E-state index contributed by atoms with van der Waals surface area (Å²) in [4.78, 5) is 34.9. The second kappa shape index (κ2) is 9.71. The average molecular weight is 452 g/mol. The molecule has 0 aliphatic rings. The Balaban J connectivity index is 2.09. The van der Waals surface area contributed by atoms with Crippen LogP contribution in [0.1, 0.15) is 29.9 Å². The Labute approximate surface area is 179 Å². The molecule has 0 spiro atoms. The Hall–Kier alpha value is -3.25. The van der Waals surface area contributed by atoms with E-state index >= 15 is 0 Å². The number of carbonyl (C=O) groups is 2. The van der Waals surface area contributed by atoms with Crippen LogP contribution in [0.15, 0.2) is 35.4 Å². The van der Waals surface area contributed by atoms with E-state index in [0.29, 0.717) is 5.56 Å². The predicted molar refractivity (Wildman–Crippen MR) is 112 cm³/mol. The van der Waals surface area contributed by atoms with Crippen LogP contribution in [0.4, 0.5) is 11.4 Å². The lowest BCUT2D eigenvalue weighted by atomic mass is 10.2. The van der Waals surface area contributed by atoms with E-state index < -0.39 is 33.4 Å². The average Bonchev–Trinajstić information content (AvgIpc) is 3.10. The van der Waals surface area contributed by atoms with Crippen LogP contribution in [0.2, 0.25) is 0 Å². The number of sulfonamides is 1. The van der Waals surface area contributed by atoms with Crippen molar-refractivity contribution in [3.8, 4) is 0 Å². The van der Waals surface area contributed by atoms with Crippen molar-refractivity contribution in [3.63, 3.8) is 0 Å². The minimum absolute atomic E-state index is 0.0249. The summed E-state index contributed by atoms with van der Waals surface area (Å²) in [5.41, 5.74) is 0.284. The third-order valence-corrected chi connectivity index (χ3v) is 6.51. The standard InChI is InChI=1S/C19H24N4O7S/c1-5-22(6-2)31(28,29)14-10-17(21(4)11-14)19(25)30-12-18(24)20-15-8-7-13(3)9-16(15)23(26)27/h7-11H,5-6,12H2,1-4H3,(H,20,24). The quantitative estimate of drug-likeness (QED) is 0.349. The fourth-order valence-electron chi connectivity index (χ4n) is 2.88. The van der Waals surface area contributed by atoms with Gasteiger partial charge in [-0.15, -0.1) is 0 Å². The summed E-state index contributed by atoms with van der Waals surface area (Å²) in [7, 11) is -2.28. The maximum Gasteiger partial charge on any atom is 0.355 e. The molecule has 2 rings (SSSR count). The number of nitro groups is 1. The largest absolute Gasteiger partial charge is 0.451 e. The summed E-state index contributed by atoms with van der Waals surface area (Å²) in [6.45, 7) is 4.94. The molecule has 0 unspecified atom stereocenters. The summed E-state index contributed by atoms with van der Waals surface area (Å²) in [5, 5.41) is 13.5. The molecule has 12 heteroatoms. The fraction of sp³-hybridized carbons (Fsp3) is 0.368. The van der Waals surface area contributed by atoms with Gasteiger partial charge in [0.15, 0.2) is 6.61 Å². The van der Waals surface area contributed by atoms with Crippen molar-refractivity contribution in [1.29, 1.82) is 0 Å². The van der Waals surface area contributed by atoms with Gasteiger partial charge < -0.3 is 14.6 Å². The first kappa shape index (κ1) is 24.0. The van der Waals surface area contributed by atoms with Gasteiger partial charge in [0.05, 0.1) is 4.92 Å². The van der Waals surface area contributed by atoms with E-state index in [9.17, 15) is 28.1 Å². The number of hydrogen-bond acceptors (Lipinski definition) is 7. The van der Waals surface area contributed by atoms with Crippen molar-refractivity contribution in [2.24, 2.45) is 7.05 Å². The van der Waals surface area contributed by atoms with Gasteiger partial charge in [-0.3, -0.25) is 14.9 Å². The van der Waals surface area contributed by atoms with Crippen molar-refractivity contribution >= 4 is 33.3 Å². The Morgan fingerprint density at radius 2 is 1.87 bits per heavy atom. The summed E-state index contributed by atoms with van der Waals surface area (Å²) in [6.07, 6.45) is 1.29. The van der Waals surface area contributed by atoms with Gasteiger partial charge >= 0.3 is 5.97 Å². The molecule has 11 nitrogen and oxygen atoms in total. The number of aryl methyl sites for hydroxylation is 2. The first-order chi connectivity index (χ1) is 14.5. The van der Waals surface area contributed by atoms with Crippen LogP contribution in [0.3, 0.4) is 0 Å². The van der Waals surface area contributed by atoms with Crippen LogP contribution < -0.4 is 5.32 Å². The number of amides is 1. The third kappa shape index (κ3) is 5.47. The van der Waals surface area contributed by atoms with Gasteiger partial charge in [0.1, 0.15) is 16.3 Å². The Morgan fingerprint density at radius 1 is 1.23 bits per heavy atom. The molecule has 0 fully saturated rings. The van der Waals surface area contributed by atoms with Gasteiger partial charge in [-0.1, -0.05) is 19.9 Å². The van der Waals surface area contributed by atoms with E-state index in [0.717, 1.165) is 0 Å². The lowest BCUT2D eigenvalue weighted by Crippen LogP contribution is -2.30. The van der Waals surface area contributed by atoms with Crippen LogP contribution >= 0.6 is 0 Å². The monoisotopic (exact) mass is 452 g/mol. The number of hydrogen-bond donors (Lipinski definition) is 1. The number of rotatable bonds is 9. The van der Waals surface area contributed by atoms with Crippen molar-refractivity contribution in [1.82, 2.24) is 8.87 Å². The maximum absolute atomic E-state index is 12.6. The van der Waals surface area contributed by atoms with E-state index in [1.165, 1.54) is 40.3 Å². The number of aromatic nitrogens is 1. The number of carbonyl (C=O) groups excluding carboxylic acids is 2. The highest BCUT2D eigenvalue weighted by Gasteiger charge is 2.26. The highest BCUT2D eigenvalue weighted by atomic mass is 32.2. The minimum atomic E-state index is -3.76. The summed E-state index contributed by atoms with van der Waals surface area (Å²) in [5.74, 6) is -1.68. The first-order valence-electron chi connectivity index (χ1n) is 9.39. The van der Waals surface area contributed by atoms with Crippen LogP contribution in [0.5, 0.6) is 0 Å². The maximum atomic E-state index is 12.6. The molecule has 1 aromatic heterocycles. The summed E-state index contributed by atoms with van der Waals surface area (Å²) < 4.78 is 32.7. The molecular formula is C19H24N4O7S. The van der Waals surface area contributed by atoms with E-state index in [1.54, 1.807) is 26.8 Å². The number of nitrogens with one attached hydrogen (secondary N) is 1. The number of nitrogens with zero attached hydrogens (tertiary/aromatic N) is 3. The van der Waals surface area contributed by atoms with Gasteiger partial charge in [0.2, 0.25) is 10.0 Å². The number of nitro benzene ring substituents is 1. The molecule has 0 radical (unpaired) electrons. The third-order valence-electron chi connectivity index (χ3n) is 4.49. The minimum Gasteiger partial charge on any atom is -0.451 e. The first-order valence-corrected chi connectivity index (χ1v) is 10.8. The molecule has 1 aromatic carbocycles. The van der Waals surface area contributed by atoms with Crippen molar-refractivity contribution < 1.29 is 27.7 Å². The zero-order valence-corrected chi connectivity index (χ0v) is 18.4. The van der Waals surface area contributed by atoms with E-state index in [4.69, 9.17) is 4.74 Å². The van der Waals surface area contributed by atoms with Gasteiger partial charge in [0.25, 0.3) is 11.6 Å².